The average Bonchev–Trinajstić information content (AvgIpc) is 2.26. The number of rotatable bonds is 4. The average molecular weight is 277 g/mol. The van der Waals surface area contributed by atoms with Crippen molar-refractivity contribution >= 4 is 5.91 Å². The number of phenolic OH excluding ortho intramolecular Hbond substituents is 1. The van der Waals surface area contributed by atoms with Crippen LogP contribution in [0.4, 0.5) is 13.2 Å². The summed E-state index contributed by atoms with van der Waals surface area (Å²) in [5.74, 6) is -1.35. The van der Waals surface area contributed by atoms with Crippen LogP contribution in [0.5, 0.6) is 5.75 Å². The molecule has 0 spiro atoms. The van der Waals surface area contributed by atoms with E-state index in [0.717, 1.165) is 0 Å². The van der Waals surface area contributed by atoms with Crippen LogP contribution in [0.1, 0.15) is 15.9 Å². The molecule has 19 heavy (non-hydrogen) atoms. The fourth-order valence-corrected chi connectivity index (χ4v) is 1.58. The number of carbonyl (C=O) groups is 1. The smallest absolute Gasteiger partial charge is 0.406 e. The Balaban J connectivity index is 2.99. The Morgan fingerprint density at radius 3 is 2.47 bits per heavy atom. The van der Waals surface area contributed by atoms with Gasteiger partial charge in [-0.1, -0.05) is 6.07 Å². The van der Waals surface area contributed by atoms with Crippen LogP contribution in [0.15, 0.2) is 18.2 Å². The van der Waals surface area contributed by atoms with Gasteiger partial charge in [0.2, 0.25) is 0 Å². The molecular formula is C12H14F3NO3. The Morgan fingerprint density at radius 1 is 1.37 bits per heavy atom. The molecule has 1 aromatic carbocycles. The van der Waals surface area contributed by atoms with Gasteiger partial charge in [-0.25, -0.2) is 0 Å². The van der Waals surface area contributed by atoms with Crippen molar-refractivity contribution < 1.29 is 28.2 Å². The minimum Gasteiger partial charge on any atom is -0.507 e. The Bertz CT molecular complexity index is 460. The highest BCUT2D eigenvalue weighted by molar-refractivity contribution is 5.96. The number of nitrogens with zero attached hydrogens (tertiary/aromatic N) is 1. The van der Waals surface area contributed by atoms with Crippen molar-refractivity contribution in [3.8, 4) is 5.75 Å². The Kier molecular flexibility index (Phi) is 4.77. The number of hydrogen-bond donors (Lipinski definition) is 2. The third kappa shape index (κ3) is 4.44. The van der Waals surface area contributed by atoms with Gasteiger partial charge in [-0.3, -0.25) is 4.79 Å². The van der Waals surface area contributed by atoms with Crippen molar-refractivity contribution in [2.24, 2.45) is 0 Å². The highest BCUT2D eigenvalue weighted by Gasteiger charge is 2.33. The molecule has 0 heterocycles. The summed E-state index contributed by atoms with van der Waals surface area (Å²) >= 11 is 0. The van der Waals surface area contributed by atoms with Crippen molar-refractivity contribution in [2.75, 3.05) is 19.7 Å². The number of aromatic hydroxyl groups is 1. The lowest BCUT2D eigenvalue weighted by Crippen LogP contribution is -2.40. The van der Waals surface area contributed by atoms with Crippen molar-refractivity contribution in [2.45, 2.75) is 13.1 Å². The highest BCUT2D eigenvalue weighted by atomic mass is 19.4. The second-order valence-corrected chi connectivity index (χ2v) is 4.09. The lowest BCUT2D eigenvalue weighted by Gasteiger charge is -2.23. The molecule has 0 saturated carbocycles. The predicted octanol–water partition coefficient (Wildman–Crippen LogP) is 1.70. The number of benzene rings is 1. The number of aryl methyl sites for hydroxylation is 1. The first-order valence-corrected chi connectivity index (χ1v) is 5.51. The molecule has 0 bridgehead atoms. The number of aliphatic hydroxyl groups is 1. The van der Waals surface area contributed by atoms with Gasteiger partial charge >= 0.3 is 6.18 Å². The first kappa shape index (κ1) is 15.3. The van der Waals surface area contributed by atoms with Gasteiger partial charge in [0.1, 0.15) is 12.3 Å². The molecule has 0 radical (unpaired) electrons. The molecule has 106 valence electrons. The van der Waals surface area contributed by atoms with Crippen LogP contribution in [0.25, 0.3) is 0 Å². The minimum absolute atomic E-state index is 0.219. The third-order valence-electron chi connectivity index (χ3n) is 2.41. The predicted molar refractivity (Wildman–Crippen MR) is 61.9 cm³/mol. The minimum atomic E-state index is -4.56. The normalized spacial score (nSPS) is 11.4. The molecule has 0 aromatic heterocycles. The van der Waals surface area contributed by atoms with Crippen molar-refractivity contribution in [1.82, 2.24) is 4.90 Å². The number of amides is 1. The molecule has 1 amide bonds. The number of halogens is 3. The van der Waals surface area contributed by atoms with Gasteiger partial charge in [0.05, 0.1) is 12.2 Å². The molecule has 1 rings (SSSR count). The van der Waals surface area contributed by atoms with Crippen LogP contribution < -0.4 is 0 Å². The summed E-state index contributed by atoms with van der Waals surface area (Å²) in [5, 5.41) is 18.3. The van der Waals surface area contributed by atoms with Crippen LogP contribution in [0, 0.1) is 6.92 Å². The van der Waals surface area contributed by atoms with Crippen LogP contribution in [0.2, 0.25) is 0 Å². The van der Waals surface area contributed by atoms with Crippen molar-refractivity contribution in [3.05, 3.63) is 29.3 Å². The van der Waals surface area contributed by atoms with E-state index in [1.807, 2.05) is 0 Å². The zero-order valence-corrected chi connectivity index (χ0v) is 10.2. The maximum absolute atomic E-state index is 12.3. The lowest BCUT2D eigenvalue weighted by atomic mass is 10.1. The lowest BCUT2D eigenvalue weighted by molar-refractivity contribution is -0.141. The van der Waals surface area contributed by atoms with Crippen LogP contribution >= 0.6 is 0 Å². The highest BCUT2D eigenvalue weighted by Crippen LogP contribution is 2.23. The molecule has 0 atom stereocenters. The van der Waals surface area contributed by atoms with Crippen LogP contribution in [0.3, 0.4) is 0 Å². The van der Waals surface area contributed by atoms with E-state index in [2.05, 4.69) is 0 Å². The first-order valence-electron chi connectivity index (χ1n) is 5.51. The van der Waals surface area contributed by atoms with Crippen LogP contribution in [-0.2, 0) is 0 Å². The van der Waals surface area contributed by atoms with Gasteiger partial charge in [0.25, 0.3) is 5.91 Å². The molecule has 7 heteroatoms. The topological polar surface area (TPSA) is 60.8 Å². The maximum Gasteiger partial charge on any atom is 0.406 e. The molecule has 0 aliphatic heterocycles. The molecule has 2 N–H and O–H groups in total. The van der Waals surface area contributed by atoms with Gasteiger partial charge in [-0.2, -0.15) is 13.2 Å². The molecule has 0 saturated heterocycles. The fourth-order valence-electron chi connectivity index (χ4n) is 1.58. The van der Waals surface area contributed by atoms with E-state index in [1.54, 1.807) is 6.92 Å². The van der Waals surface area contributed by atoms with E-state index < -0.39 is 31.8 Å². The van der Waals surface area contributed by atoms with E-state index in [0.29, 0.717) is 10.5 Å². The zero-order chi connectivity index (χ0) is 14.6. The van der Waals surface area contributed by atoms with Gasteiger partial charge in [0, 0.05) is 6.54 Å². The SMILES string of the molecule is Cc1ccc(C(=O)N(CCO)CC(F)(F)F)c(O)c1. The first-order chi connectivity index (χ1) is 8.74. The standard InChI is InChI=1S/C12H14F3NO3/c1-8-2-3-9(10(18)6-8)11(19)16(4-5-17)7-12(13,14)15/h2-3,6,17-18H,4-5,7H2,1H3. The molecule has 4 nitrogen and oxygen atoms in total. The number of hydrogen-bond acceptors (Lipinski definition) is 3. The van der Waals surface area contributed by atoms with Gasteiger partial charge in [-0.15, -0.1) is 0 Å². The summed E-state index contributed by atoms with van der Waals surface area (Å²) in [7, 11) is 0. The fraction of sp³-hybridized carbons (Fsp3) is 0.417. The summed E-state index contributed by atoms with van der Waals surface area (Å²) in [5.41, 5.74) is 0.460. The quantitative estimate of drug-likeness (QED) is 0.880. The summed E-state index contributed by atoms with van der Waals surface area (Å²) in [4.78, 5) is 12.3. The Morgan fingerprint density at radius 2 is 2.00 bits per heavy atom. The molecular weight excluding hydrogens is 263 g/mol. The monoisotopic (exact) mass is 277 g/mol. The molecule has 1 aromatic rings. The Hall–Kier alpha value is -1.76. The van der Waals surface area contributed by atoms with E-state index in [1.165, 1.54) is 18.2 Å². The number of aliphatic hydroxyl groups excluding tert-OH is 1. The second-order valence-electron chi connectivity index (χ2n) is 4.09. The van der Waals surface area contributed by atoms with E-state index in [-0.39, 0.29) is 11.3 Å². The number of alkyl halides is 3. The summed E-state index contributed by atoms with van der Waals surface area (Å²) < 4.78 is 37.0. The Labute approximate surface area is 108 Å². The molecule has 0 unspecified atom stereocenters. The number of phenols is 1. The van der Waals surface area contributed by atoms with E-state index in [9.17, 15) is 23.1 Å². The third-order valence-corrected chi connectivity index (χ3v) is 2.41. The summed E-state index contributed by atoms with van der Waals surface area (Å²) in [6.45, 7) is -0.838. The van der Waals surface area contributed by atoms with Crippen molar-refractivity contribution in [1.29, 1.82) is 0 Å². The zero-order valence-electron chi connectivity index (χ0n) is 10.2. The maximum atomic E-state index is 12.3. The molecule has 0 aliphatic rings. The summed E-state index contributed by atoms with van der Waals surface area (Å²) in [6, 6.07) is 4.06. The molecule has 0 fully saturated rings. The van der Waals surface area contributed by atoms with Crippen LogP contribution in [-0.4, -0.2) is 46.9 Å². The van der Waals surface area contributed by atoms with Crippen molar-refractivity contribution in [3.63, 3.8) is 0 Å². The summed E-state index contributed by atoms with van der Waals surface area (Å²) in [6.07, 6.45) is -4.56. The second kappa shape index (κ2) is 5.92. The molecule has 0 aliphatic carbocycles. The van der Waals surface area contributed by atoms with E-state index in [4.69, 9.17) is 5.11 Å². The van der Waals surface area contributed by atoms with Gasteiger partial charge in [0.15, 0.2) is 0 Å². The van der Waals surface area contributed by atoms with Gasteiger partial charge < -0.3 is 15.1 Å². The van der Waals surface area contributed by atoms with E-state index >= 15 is 0 Å². The number of carbonyl (C=O) groups excluding carboxylic acids is 1. The largest absolute Gasteiger partial charge is 0.507 e. The van der Waals surface area contributed by atoms with Gasteiger partial charge in [-0.05, 0) is 24.6 Å².